The highest BCUT2D eigenvalue weighted by molar-refractivity contribution is 7.13. The van der Waals surface area contributed by atoms with Crippen LogP contribution in [0.15, 0.2) is 24.3 Å². The van der Waals surface area contributed by atoms with Crippen molar-refractivity contribution >= 4 is 28.9 Å². The van der Waals surface area contributed by atoms with Crippen LogP contribution >= 0.6 is 11.3 Å². The van der Waals surface area contributed by atoms with Gasteiger partial charge in [0.1, 0.15) is 9.88 Å². The molecule has 0 spiro atoms. The number of hydrogen-bond acceptors (Lipinski definition) is 4. The third-order valence-corrected chi connectivity index (χ3v) is 4.55. The predicted molar refractivity (Wildman–Crippen MR) is 91.2 cm³/mol. The minimum absolute atomic E-state index is 0.0797. The van der Waals surface area contributed by atoms with Crippen molar-refractivity contribution in [3.05, 3.63) is 45.4 Å². The van der Waals surface area contributed by atoms with Gasteiger partial charge in [-0.1, -0.05) is 25.5 Å². The number of hydrogen-bond donors (Lipinski definition) is 2. The Morgan fingerprint density at radius 3 is 2.52 bits per heavy atom. The van der Waals surface area contributed by atoms with Crippen LogP contribution in [0.3, 0.4) is 0 Å². The lowest BCUT2D eigenvalue weighted by molar-refractivity contribution is -0.115. The third-order valence-electron chi connectivity index (χ3n) is 3.40. The lowest BCUT2D eigenvalue weighted by Crippen LogP contribution is -2.14. The van der Waals surface area contributed by atoms with E-state index in [-0.39, 0.29) is 17.2 Å². The Balaban J connectivity index is 1.94. The number of carbonyl (C=O) groups excluding carboxylic acids is 1. The van der Waals surface area contributed by atoms with Gasteiger partial charge in [0.25, 0.3) is 0 Å². The number of carbonyl (C=O) groups is 2. The van der Waals surface area contributed by atoms with Crippen LogP contribution < -0.4 is 5.32 Å². The van der Waals surface area contributed by atoms with E-state index in [0.29, 0.717) is 10.7 Å². The van der Waals surface area contributed by atoms with Crippen molar-refractivity contribution in [1.82, 2.24) is 4.98 Å². The molecule has 1 aromatic heterocycles. The van der Waals surface area contributed by atoms with Crippen LogP contribution in [0.1, 0.15) is 45.7 Å². The monoisotopic (exact) mass is 332 g/mol. The average molecular weight is 332 g/mol. The number of aromatic nitrogens is 1. The molecule has 0 aliphatic heterocycles. The molecular formula is C17H20N2O3S. The van der Waals surface area contributed by atoms with Crippen molar-refractivity contribution in [2.75, 3.05) is 5.32 Å². The summed E-state index contributed by atoms with van der Waals surface area (Å²) in [4.78, 5) is 27.4. The van der Waals surface area contributed by atoms with Gasteiger partial charge in [0.15, 0.2) is 0 Å². The lowest BCUT2D eigenvalue weighted by atomic mass is 10.1. The molecule has 0 saturated heterocycles. The van der Waals surface area contributed by atoms with E-state index < -0.39 is 5.97 Å². The molecule has 5 nitrogen and oxygen atoms in total. The molecule has 0 aliphatic carbocycles. The zero-order chi connectivity index (χ0) is 16.8. The number of unbranched alkanes of at least 4 members (excludes halogenated alkanes) is 1. The molecule has 0 bridgehead atoms. The summed E-state index contributed by atoms with van der Waals surface area (Å²) in [6.45, 7) is 3.79. The minimum atomic E-state index is -1.01. The van der Waals surface area contributed by atoms with Gasteiger partial charge in [0, 0.05) is 5.69 Å². The number of nitrogens with zero attached hydrogens (tertiary/aromatic N) is 1. The number of rotatable bonds is 7. The van der Waals surface area contributed by atoms with Crippen molar-refractivity contribution in [2.45, 2.75) is 39.5 Å². The first-order valence-corrected chi connectivity index (χ1v) is 8.39. The number of carboxylic acids is 1. The van der Waals surface area contributed by atoms with E-state index in [1.54, 1.807) is 6.92 Å². The van der Waals surface area contributed by atoms with Crippen molar-refractivity contribution in [3.63, 3.8) is 0 Å². The molecule has 0 saturated carbocycles. The first kappa shape index (κ1) is 17.1. The van der Waals surface area contributed by atoms with E-state index in [0.717, 1.165) is 36.3 Å². The first-order chi connectivity index (χ1) is 11.0. The second-order valence-corrected chi connectivity index (χ2v) is 6.44. The number of aromatic carboxylic acids is 1. The standard InChI is InChI=1S/C17H20N2O3S/c1-3-4-5-12-6-8-13(9-7-12)19-14(20)10-15-18-11(2)16(23-15)17(21)22/h6-9H,3-5,10H2,1-2H3,(H,19,20)(H,21,22). The van der Waals surface area contributed by atoms with Gasteiger partial charge in [0.2, 0.25) is 5.91 Å². The molecule has 1 heterocycles. The highest BCUT2D eigenvalue weighted by atomic mass is 32.1. The fourth-order valence-electron chi connectivity index (χ4n) is 2.20. The van der Waals surface area contributed by atoms with E-state index >= 15 is 0 Å². The van der Waals surface area contributed by atoms with Gasteiger partial charge in [-0.05, 0) is 37.5 Å². The fraction of sp³-hybridized carbons (Fsp3) is 0.353. The van der Waals surface area contributed by atoms with E-state index in [1.165, 1.54) is 5.56 Å². The number of benzene rings is 1. The molecule has 1 amide bonds. The maximum Gasteiger partial charge on any atom is 0.347 e. The minimum Gasteiger partial charge on any atom is -0.477 e. The van der Waals surface area contributed by atoms with Crippen LogP contribution in [0.4, 0.5) is 5.69 Å². The van der Waals surface area contributed by atoms with E-state index in [1.807, 2.05) is 24.3 Å². The van der Waals surface area contributed by atoms with Gasteiger partial charge in [-0.25, -0.2) is 9.78 Å². The van der Waals surface area contributed by atoms with Crippen molar-refractivity contribution in [2.24, 2.45) is 0 Å². The Labute approximate surface area is 139 Å². The number of aryl methyl sites for hydroxylation is 2. The SMILES string of the molecule is CCCCc1ccc(NC(=O)Cc2nc(C)c(C(=O)O)s2)cc1. The van der Waals surface area contributed by atoms with Gasteiger partial charge in [-0.3, -0.25) is 4.79 Å². The van der Waals surface area contributed by atoms with Crippen LogP contribution in [0, 0.1) is 6.92 Å². The summed E-state index contributed by atoms with van der Waals surface area (Å²) < 4.78 is 0. The highest BCUT2D eigenvalue weighted by Gasteiger charge is 2.16. The van der Waals surface area contributed by atoms with Gasteiger partial charge in [0.05, 0.1) is 12.1 Å². The van der Waals surface area contributed by atoms with Crippen LogP contribution in [0.25, 0.3) is 0 Å². The fourth-order valence-corrected chi connectivity index (χ4v) is 3.11. The molecule has 0 unspecified atom stereocenters. The summed E-state index contributed by atoms with van der Waals surface area (Å²) in [7, 11) is 0. The molecule has 2 rings (SSSR count). The molecule has 0 radical (unpaired) electrons. The molecule has 6 heteroatoms. The van der Waals surface area contributed by atoms with Gasteiger partial charge in [-0.15, -0.1) is 11.3 Å². The zero-order valence-electron chi connectivity index (χ0n) is 13.3. The molecule has 23 heavy (non-hydrogen) atoms. The average Bonchev–Trinajstić information content (AvgIpc) is 2.87. The number of anilines is 1. The van der Waals surface area contributed by atoms with Gasteiger partial charge < -0.3 is 10.4 Å². The Kier molecular flexibility index (Phi) is 5.87. The van der Waals surface area contributed by atoms with Crippen molar-refractivity contribution in [1.29, 1.82) is 0 Å². The molecule has 122 valence electrons. The predicted octanol–water partition coefficient (Wildman–Crippen LogP) is 3.67. The van der Waals surface area contributed by atoms with E-state index in [4.69, 9.17) is 5.11 Å². The van der Waals surface area contributed by atoms with Crippen LogP contribution in [-0.2, 0) is 17.6 Å². The Bertz CT molecular complexity index is 692. The van der Waals surface area contributed by atoms with Crippen molar-refractivity contribution < 1.29 is 14.7 Å². The molecule has 2 N–H and O–H groups in total. The highest BCUT2D eigenvalue weighted by Crippen LogP contribution is 2.19. The lowest BCUT2D eigenvalue weighted by Gasteiger charge is -2.05. The first-order valence-electron chi connectivity index (χ1n) is 7.58. The molecule has 0 atom stereocenters. The maximum atomic E-state index is 12.0. The summed E-state index contributed by atoms with van der Waals surface area (Å²) in [5.41, 5.74) is 2.44. The second kappa shape index (κ2) is 7.87. The van der Waals surface area contributed by atoms with Crippen LogP contribution in [0.5, 0.6) is 0 Å². The van der Waals surface area contributed by atoms with Crippen LogP contribution in [-0.4, -0.2) is 22.0 Å². The quantitative estimate of drug-likeness (QED) is 0.811. The summed E-state index contributed by atoms with van der Waals surface area (Å²) in [6, 6.07) is 7.81. The Hall–Kier alpha value is -2.21. The number of amides is 1. The number of thiazole rings is 1. The number of carboxylic acid groups (broad SMARTS) is 1. The molecule has 0 fully saturated rings. The third kappa shape index (κ3) is 4.89. The molecule has 0 aliphatic rings. The second-order valence-electron chi connectivity index (χ2n) is 5.35. The van der Waals surface area contributed by atoms with Gasteiger partial charge >= 0.3 is 5.97 Å². The van der Waals surface area contributed by atoms with E-state index in [9.17, 15) is 9.59 Å². The summed E-state index contributed by atoms with van der Waals surface area (Å²) in [5.74, 6) is -1.20. The maximum absolute atomic E-state index is 12.0. The summed E-state index contributed by atoms with van der Waals surface area (Å²) >= 11 is 1.05. The van der Waals surface area contributed by atoms with Crippen molar-refractivity contribution in [3.8, 4) is 0 Å². The molecule has 2 aromatic rings. The zero-order valence-corrected chi connectivity index (χ0v) is 14.1. The van der Waals surface area contributed by atoms with E-state index in [2.05, 4.69) is 17.2 Å². The number of nitrogens with one attached hydrogen (secondary N) is 1. The smallest absolute Gasteiger partial charge is 0.347 e. The Morgan fingerprint density at radius 2 is 1.96 bits per heavy atom. The molecule has 1 aromatic carbocycles. The van der Waals surface area contributed by atoms with Gasteiger partial charge in [-0.2, -0.15) is 0 Å². The topological polar surface area (TPSA) is 79.3 Å². The summed E-state index contributed by atoms with van der Waals surface area (Å²) in [5, 5.41) is 12.3. The largest absolute Gasteiger partial charge is 0.477 e. The Morgan fingerprint density at radius 1 is 1.26 bits per heavy atom. The summed E-state index contributed by atoms with van der Waals surface area (Å²) in [6.07, 6.45) is 3.43. The molecular weight excluding hydrogens is 312 g/mol. The normalized spacial score (nSPS) is 10.5. The van der Waals surface area contributed by atoms with Crippen LogP contribution in [0.2, 0.25) is 0 Å².